The van der Waals surface area contributed by atoms with Gasteiger partial charge in [-0.15, -0.1) is 0 Å². The molecule has 1 rings (SSSR count). The molecular weight excluding hydrogens is 418 g/mol. The number of carbonyl (C=O) groups is 3. The molecule has 1 unspecified atom stereocenters. The summed E-state index contributed by atoms with van der Waals surface area (Å²) in [5.41, 5.74) is 1.45. The van der Waals surface area contributed by atoms with Crippen molar-refractivity contribution in [3.05, 3.63) is 34.9 Å². The minimum absolute atomic E-state index is 0.222. The Morgan fingerprint density at radius 1 is 1.00 bits per heavy atom. The highest BCUT2D eigenvalue weighted by Crippen LogP contribution is 2.32. The van der Waals surface area contributed by atoms with Crippen LogP contribution in [0.2, 0.25) is 0 Å². The molecule has 186 valence electrons. The van der Waals surface area contributed by atoms with Gasteiger partial charge in [-0.05, 0) is 78.5 Å². The topological polar surface area (TPSA) is 87.7 Å². The van der Waals surface area contributed by atoms with E-state index in [1.807, 2.05) is 52.8 Å². The number of alkyl carbamates (subject to hydrolysis) is 1. The van der Waals surface area contributed by atoms with Crippen molar-refractivity contribution in [1.29, 1.82) is 0 Å². The molecular formula is C26H43N3O4. The van der Waals surface area contributed by atoms with E-state index in [0.717, 1.165) is 36.0 Å². The largest absolute Gasteiger partial charge is 0.444 e. The van der Waals surface area contributed by atoms with Gasteiger partial charge in [0.15, 0.2) is 0 Å². The van der Waals surface area contributed by atoms with Gasteiger partial charge in [0, 0.05) is 12.1 Å². The number of hydrogen-bond donors (Lipinski definition) is 2. The van der Waals surface area contributed by atoms with Crippen molar-refractivity contribution in [1.82, 2.24) is 15.5 Å². The number of amides is 3. The summed E-state index contributed by atoms with van der Waals surface area (Å²) in [4.78, 5) is 40.6. The summed E-state index contributed by atoms with van der Waals surface area (Å²) >= 11 is 0. The summed E-state index contributed by atoms with van der Waals surface area (Å²) in [6, 6.07) is 4.97. The van der Waals surface area contributed by atoms with Crippen molar-refractivity contribution in [2.24, 2.45) is 0 Å². The molecule has 7 heteroatoms. The molecule has 3 amide bonds. The van der Waals surface area contributed by atoms with Gasteiger partial charge in [0.25, 0.3) is 0 Å². The lowest BCUT2D eigenvalue weighted by Crippen LogP contribution is -2.55. The molecule has 0 fully saturated rings. The quantitative estimate of drug-likeness (QED) is 0.517. The molecule has 0 saturated carbocycles. The molecule has 0 aromatic heterocycles. The van der Waals surface area contributed by atoms with Crippen LogP contribution in [-0.2, 0) is 14.3 Å². The van der Waals surface area contributed by atoms with Crippen LogP contribution in [0.4, 0.5) is 4.79 Å². The Morgan fingerprint density at radius 3 is 2.18 bits per heavy atom. The van der Waals surface area contributed by atoms with E-state index >= 15 is 0 Å². The van der Waals surface area contributed by atoms with Crippen molar-refractivity contribution < 1.29 is 19.1 Å². The van der Waals surface area contributed by atoms with E-state index in [4.69, 9.17) is 4.74 Å². The van der Waals surface area contributed by atoms with Crippen molar-refractivity contribution >= 4 is 17.9 Å². The van der Waals surface area contributed by atoms with Crippen LogP contribution in [0.1, 0.15) is 90.5 Å². The maximum absolute atomic E-state index is 13.5. The van der Waals surface area contributed by atoms with E-state index in [1.165, 1.54) is 0 Å². The number of aryl methyl sites for hydroxylation is 1. The third kappa shape index (κ3) is 9.06. The second-order valence-corrected chi connectivity index (χ2v) is 10.5. The van der Waals surface area contributed by atoms with Gasteiger partial charge < -0.3 is 20.3 Å². The number of benzene rings is 1. The predicted molar refractivity (Wildman–Crippen MR) is 132 cm³/mol. The molecule has 1 aromatic carbocycles. The highest BCUT2D eigenvalue weighted by molar-refractivity contribution is 5.91. The van der Waals surface area contributed by atoms with E-state index in [9.17, 15) is 14.4 Å². The monoisotopic (exact) mass is 461 g/mol. The number of unbranched alkanes of at least 4 members (excludes halogenated alkanes) is 2. The molecule has 1 atom stereocenters. The van der Waals surface area contributed by atoms with Crippen molar-refractivity contribution in [2.75, 3.05) is 13.1 Å². The number of ether oxygens (including phenoxy) is 1. The Labute approximate surface area is 199 Å². The summed E-state index contributed by atoms with van der Waals surface area (Å²) in [6.07, 6.45) is 2.29. The molecule has 0 aliphatic heterocycles. The summed E-state index contributed by atoms with van der Waals surface area (Å²) in [5.74, 6) is -0.580. The molecule has 7 nitrogen and oxygen atoms in total. The van der Waals surface area contributed by atoms with E-state index in [-0.39, 0.29) is 18.4 Å². The average Bonchev–Trinajstić information content (AvgIpc) is 2.67. The van der Waals surface area contributed by atoms with E-state index in [2.05, 4.69) is 17.6 Å². The van der Waals surface area contributed by atoms with Gasteiger partial charge in [-0.1, -0.05) is 38.0 Å². The first kappa shape index (κ1) is 28.5. The first-order valence-corrected chi connectivity index (χ1v) is 11.8. The maximum Gasteiger partial charge on any atom is 0.408 e. The fourth-order valence-electron chi connectivity index (χ4n) is 3.60. The number of hydrogen-bond acceptors (Lipinski definition) is 4. The van der Waals surface area contributed by atoms with Crippen molar-refractivity contribution in [2.45, 2.75) is 98.8 Å². The van der Waals surface area contributed by atoms with Gasteiger partial charge in [0.2, 0.25) is 11.8 Å². The number of nitrogens with one attached hydrogen (secondary N) is 2. The zero-order chi connectivity index (χ0) is 25.4. The van der Waals surface area contributed by atoms with Crippen molar-refractivity contribution in [3.8, 4) is 0 Å². The number of nitrogens with zero attached hydrogens (tertiary/aromatic N) is 1. The maximum atomic E-state index is 13.5. The Balaban J connectivity index is 3.29. The summed E-state index contributed by atoms with van der Waals surface area (Å²) < 4.78 is 5.26. The third-order valence-corrected chi connectivity index (χ3v) is 5.30. The van der Waals surface area contributed by atoms with Gasteiger partial charge in [0.05, 0.1) is 0 Å². The zero-order valence-electron chi connectivity index (χ0n) is 21.9. The molecule has 0 radical (unpaired) electrons. The average molecular weight is 462 g/mol. The molecule has 0 bridgehead atoms. The highest BCUT2D eigenvalue weighted by atomic mass is 16.6. The lowest BCUT2D eigenvalue weighted by atomic mass is 9.92. The number of carbonyl (C=O) groups excluding carboxylic acids is 3. The van der Waals surface area contributed by atoms with Crippen LogP contribution in [0, 0.1) is 13.8 Å². The van der Waals surface area contributed by atoms with Crippen LogP contribution in [0.25, 0.3) is 0 Å². The normalized spacial score (nSPS) is 12.6. The summed E-state index contributed by atoms with van der Waals surface area (Å²) in [7, 11) is 0. The van der Waals surface area contributed by atoms with Gasteiger partial charge in [-0.25, -0.2) is 4.79 Å². The highest BCUT2D eigenvalue weighted by Gasteiger charge is 2.39. The second kappa shape index (κ2) is 12.1. The van der Waals surface area contributed by atoms with Crippen LogP contribution in [0.3, 0.4) is 0 Å². The molecule has 0 spiro atoms. The van der Waals surface area contributed by atoms with Gasteiger partial charge in [-0.2, -0.15) is 0 Å². The predicted octanol–water partition coefficient (Wildman–Crippen LogP) is 4.80. The van der Waals surface area contributed by atoms with Crippen LogP contribution < -0.4 is 10.6 Å². The molecule has 0 heterocycles. The van der Waals surface area contributed by atoms with Crippen LogP contribution in [-0.4, -0.2) is 47.0 Å². The minimum atomic E-state index is -0.820. The van der Waals surface area contributed by atoms with E-state index < -0.39 is 23.3 Å². The summed E-state index contributed by atoms with van der Waals surface area (Å²) in [5, 5.41) is 5.56. The summed E-state index contributed by atoms with van der Waals surface area (Å²) in [6.45, 7) is 17.3. The van der Waals surface area contributed by atoms with Gasteiger partial charge >= 0.3 is 6.09 Å². The van der Waals surface area contributed by atoms with Crippen LogP contribution in [0.5, 0.6) is 0 Å². The Hall–Kier alpha value is -2.57. The second-order valence-electron chi connectivity index (χ2n) is 10.5. The molecule has 1 aromatic rings. The Kier molecular flexibility index (Phi) is 10.4. The smallest absolute Gasteiger partial charge is 0.408 e. The van der Waals surface area contributed by atoms with Crippen LogP contribution >= 0.6 is 0 Å². The molecule has 0 aliphatic carbocycles. The van der Waals surface area contributed by atoms with Crippen LogP contribution in [0.15, 0.2) is 18.2 Å². The standard InChI is InChI=1S/C26H43N3O4/c1-10-11-12-16-27-23(31)22(20-15-13-14-18(2)19(20)3)29(25(4,5)6)21(30)17-28-24(32)33-26(7,8)9/h13-15,22H,10-12,16-17H2,1-9H3,(H,27,31)(H,28,32). The lowest BCUT2D eigenvalue weighted by Gasteiger charge is -2.42. The molecule has 0 saturated heterocycles. The Bertz CT molecular complexity index is 822. The first-order chi connectivity index (χ1) is 15.2. The third-order valence-electron chi connectivity index (χ3n) is 5.30. The minimum Gasteiger partial charge on any atom is -0.444 e. The Morgan fingerprint density at radius 2 is 1.64 bits per heavy atom. The van der Waals surface area contributed by atoms with Gasteiger partial charge in [-0.3, -0.25) is 9.59 Å². The molecule has 2 N–H and O–H groups in total. The first-order valence-electron chi connectivity index (χ1n) is 11.8. The fraction of sp³-hybridized carbons (Fsp3) is 0.654. The van der Waals surface area contributed by atoms with Crippen molar-refractivity contribution in [3.63, 3.8) is 0 Å². The van der Waals surface area contributed by atoms with E-state index in [1.54, 1.807) is 25.7 Å². The molecule has 0 aliphatic rings. The SMILES string of the molecule is CCCCCNC(=O)C(c1cccc(C)c1C)N(C(=O)CNC(=O)OC(C)(C)C)C(C)(C)C. The zero-order valence-corrected chi connectivity index (χ0v) is 21.9. The van der Waals surface area contributed by atoms with Gasteiger partial charge in [0.1, 0.15) is 18.2 Å². The van der Waals surface area contributed by atoms with E-state index in [0.29, 0.717) is 6.54 Å². The molecule has 33 heavy (non-hydrogen) atoms. The number of rotatable bonds is 9. The fourth-order valence-corrected chi connectivity index (χ4v) is 3.60. The lowest BCUT2D eigenvalue weighted by molar-refractivity contribution is -0.146.